The quantitative estimate of drug-likeness (QED) is 0.569. The summed E-state index contributed by atoms with van der Waals surface area (Å²) in [5.74, 6) is 6.51. The average molecular weight is 217 g/mol. The molecule has 6 fully saturated rings. The lowest BCUT2D eigenvalue weighted by Gasteiger charge is -2.41. The molecule has 0 radical (unpaired) electrons. The van der Waals surface area contributed by atoms with Crippen LogP contribution in [0, 0.1) is 35.5 Å². The van der Waals surface area contributed by atoms with E-state index in [0.717, 1.165) is 53.8 Å². The van der Waals surface area contributed by atoms with Gasteiger partial charge < -0.3 is 4.74 Å². The van der Waals surface area contributed by atoms with Gasteiger partial charge in [0.05, 0.1) is 12.2 Å². The van der Waals surface area contributed by atoms with Gasteiger partial charge in [-0.1, -0.05) is 0 Å². The Morgan fingerprint density at radius 1 is 0.812 bits per heavy atom. The van der Waals surface area contributed by atoms with Crippen molar-refractivity contribution in [2.24, 2.45) is 35.5 Å². The maximum absolute atomic E-state index is 5.83. The molecular formula is C14H19NO. The van der Waals surface area contributed by atoms with Crippen molar-refractivity contribution in [3.8, 4) is 0 Å². The highest BCUT2D eigenvalue weighted by atomic mass is 16.6. The van der Waals surface area contributed by atoms with Crippen LogP contribution < -0.4 is 0 Å². The number of epoxide rings is 1. The van der Waals surface area contributed by atoms with Crippen molar-refractivity contribution in [3.63, 3.8) is 0 Å². The summed E-state index contributed by atoms with van der Waals surface area (Å²) in [4.78, 5) is 2.74. The van der Waals surface area contributed by atoms with Crippen LogP contribution in [-0.2, 0) is 4.74 Å². The third-order valence-electron chi connectivity index (χ3n) is 7.06. The zero-order valence-electron chi connectivity index (χ0n) is 9.59. The van der Waals surface area contributed by atoms with Crippen LogP contribution >= 0.6 is 0 Å². The molecule has 0 aromatic heterocycles. The standard InChI is InChI=1S/C14H19NO/c1-6-4-15(6)5-11-7(1)9-2-8(11)10-3-12-14(16-12)13(9)10/h6-14H,1-5H2/t6-,7+,8-,9-,10+,11+,12+,13?,14+,15-/m0/s1. The highest BCUT2D eigenvalue weighted by Gasteiger charge is 2.70. The molecule has 0 spiro atoms. The first-order valence-electron chi connectivity index (χ1n) is 7.29. The summed E-state index contributed by atoms with van der Waals surface area (Å²) in [7, 11) is 0. The Bertz CT molecular complexity index is 381. The van der Waals surface area contributed by atoms with E-state index in [9.17, 15) is 0 Å². The van der Waals surface area contributed by atoms with E-state index in [2.05, 4.69) is 4.90 Å². The summed E-state index contributed by atoms with van der Waals surface area (Å²) >= 11 is 0. The van der Waals surface area contributed by atoms with Crippen LogP contribution in [0.1, 0.15) is 19.3 Å². The number of nitrogens with zero attached hydrogens (tertiary/aromatic N) is 1. The third-order valence-corrected chi connectivity index (χ3v) is 7.06. The molecule has 0 aromatic rings. The second-order valence-electron chi connectivity index (χ2n) is 7.35. The van der Waals surface area contributed by atoms with Gasteiger partial charge >= 0.3 is 0 Å². The molecule has 3 aliphatic heterocycles. The van der Waals surface area contributed by atoms with E-state index in [1.807, 2.05) is 0 Å². The van der Waals surface area contributed by atoms with E-state index < -0.39 is 0 Å². The van der Waals surface area contributed by atoms with Gasteiger partial charge in [-0.05, 0) is 54.8 Å². The van der Waals surface area contributed by atoms with E-state index in [4.69, 9.17) is 4.74 Å². The van der Waals surface area contributed by atoms with E-state index in [1.165, 1.54) is 19.5 Å². The van der Waals surface area contributed by atoms with E-state index in [0.29, 0.717) is 0 Å². The van der Waals surface area contributed by atoms with E-state index >= 15 is 0 Å². The number of fused-ring (bicyclic) bond motifs is 11. The van der Waals surface area contributed by atoms with Crippen LogP contribution in [0.25, 0.3) is 0 Å². The Balaban J connectivity index is 1.42. The summed E-state index contributed by atoms with van der Waals surface area (Å²) in [6.45, 7) is 2.90. The second kappa shape index (κ2) is 2.24. The van der Waals surface area contributed by atoms with Crippen molar-refractivity contribution in [3.05, 3.63) is 0 Å². The fourth-order valence-corrected chi connectivity index (χ4v) is 6.48. The van der Waals surface area contributed by atoms with Crippen molar-refractivity contribution < 1.29 is 4.74 Å². The van der Waals surface area contributed by atoms with Crippen LogP contribution in [0.4, 0.5) is 0 Å². The number of rotatable bonds is 0. The third kappa shape index (κ3) is 0.743. The minimum absolute atomic E-state index is 0.718. The monoisotopic (exact) mass is 217 g/mol. The van der Waals surface area contributed by atoms with E-state index in [1.54, 1.807) is 12.8 Å². The number of ether oxygens (including phenoxy) is 1. The zero-order chi connectivity index (χ0) is 10.0. The van der Waals surface area contributed by atoms with Gasteiger partial charge in [0.1, 0.15) is 0 Å². The fraction of sp³-hybridized carbons (Fsp3) is 1.00. The topological polar surface area (TPSA) is 15.5 Å². The van der Waals surface area contributed by atoms with Gasteiger partial charge in [0, 0.05) is 19.1 Å². The predicted molar refractivity (Wildman–Crippen MR) is 58.8 cm³/mol. The van der Waals surface area contributed by atoms with Gasteiger partial charge in [-0.3, -0.25) is 4.90 Å². The largest absolute Gasteiger partial charge is 0.369 e. The summed E-state index contributed by atoms with van der Waals surface area (Å²) in [6.07, 6.45) is 6.02. The van der Waals surface area contributed by atoms with Crippen LogP contribution in [-0.4, -0.2) is 36.2 Å². The van der Waals surface area contributed by atoms with E-state index in [-0.39, 0.29) is 0 Å². The Morgan fingerprint density at radius 2 is 1.69 bits per heavy atom. The summed E-state index contributed by atoms with van der Waals surface area (Å²) in [6, 6.07) is 1.01. The first-order valence-corrected chi connectivity index (χ1v) is 7.29. The molecule has 0 aromatic carbocycles. The summed E-state index contributed by atoms with van der Waals surface area (Å²) < 4.78 is 5.83. The predicted octanol–water partition coefficient (Wildman–Crippen LogP) is 1.36. The molecule has 2 heteroatoms. The molecule has 3 saturated heterocycles. The molecule has 16 heavy (non-hydrogen) atoms. The van der Waals surface area contributed by atoms with Crippen LogP contribution in [0.3, 0.4) is 0 Å². The minimum atomic E-state index is 0.718. The lowest BCUT2D eigenvalue weighted by atomic mass is 9.67. The lowest BCUT2D eigenvalue weighted by Crippen LogP contribution is -2.41. The van der Waals surface area contributed by atoms with Crippen LogP contribution in [0.15, 0.2) is 0 Å². The van der Waals surface area contributed by atoms with Gasteiger partial charge in [-0.15, -0.1) is 0 Å². The van der Waals surface area contributed by atoms with Crippen LogP contribution in [0.5, 0.6) is 0 Å². The second-order valence-corrected chi connectivity index (χ2v) is 7.35. The minimum Gasteiger partial charge on any atom is -0.369 e. The molecule has 2 bridgehead atoms. The van der Waals surface area contributed by atoms with Gasteiger partial charge in [0.2, 0.25) is 0 Å². The molecule has 3 saturated carbocycles. The van der Waals surface area contributed by atoms with Crippen molar-refractivity contribution in [2.75, 3.05) is 13.1 Å². The highest BCUT2D eigenvalue weighted by molar-refractivity contribution is 5.18. The zero-order valence-corrected chi connectivity index (χ0v) is 9.59. The van der Waals surface area contributed by atoms with Crippen LogP contribution in [0.2, 0.25) is 0 Å². The van der Waals surface area contributed by atoms with Gasteiger partial charge in [-0.25, -0.2) is 0 Å². The molecule has 0 amide bonds. The number of hydrogen-bond donors (Lipinski definition) is 0. The average Bonchev–Trinajstić information content (AvgIpc) is 3.10. The molecule has 3 aliphatic carbocycles. The molecule has 10 atom stereocenters. The lowest BCUT2D eigenvalue weighted by molar-refractivity contribution is 0.0386. The first kappa shape index (κ1) is 8.10. The summed E-state index contributed by atoms with van der Waals surface area (Å²) in [5.41, 5.74) is 0. The molecule has 1 unspecified atom stereocenters. The van der Waals surface area contributed by atoms with Gasteiger partial charge in [0.15, 0.2) is 0 Å². The first-order chi connectivity index (χ1) is 7.90. The SMILES string of the molecule is C1[C@H]2[C@@H](C[N@]3C[C@H]13)[C@H]1C[C@@H]2C2[C@@H]1C[C@H]1O[C@@H]21. The number of piperidine rings is 1. The van der Waals surface area contributed by atoms with Gasteiger partial charge in [-0.2, -0.15) is 0 Å². The molecule has 3 heterocycles. The normalized spacial score (nSPS) is 76.5. The Hall–Kier alpha value is -0.0800. The Labute approximate surface area is 96.3 Å². The van der Waals surface area contributed by atoms with Crippen molar-refractivity contribution >= 4 is 0 Å². The molecule has 2 nitrogen and oxygen atoms in total. The molecule has 6 aliphatic rings. The molecular weight excluding hydrogens is 198 g/mol. The maximum Gasteiger partial charge on any atom is 0.0875 e. The summed E-state index contributed by atoms with van der Waals surface area (Å²) in [5, 5.41) is 0. The fourth-order valence-electron chi connectivity index (χ4n) is 6.48. The van der Waals surface area contributed by atoms with Crippen molar-refractivity contribution in [2.45, 2.75) is 37.5 Å². The van der Waals surface area contributed by atoms with Crippen molar-refractivity contribution in [1.29, 1.82) is 0 Å². The Kier molecular flexibility index (Phi) is 1.13. The molecule has 6 rings (SSSR count). The smallest absolute Gasteiger partial charge is 0.0875 e. The Morgan fingerprint density at radius 3 is 2.69 bits per heavy atom. The highest BCUT2D eigenvalue weighted by Crippen LogP contribution is 2.69. The van der Waals surface area contributed by atoms with Crippen molar-refractivity contribution in [1.82, 2.24) is 4.90 Å². The number of hydrogen-bond acceptors (Lipinski definition) is 2. The maximum atomic E-state index is 5.83. The molecule has 86 valence electrons. The molecule has 0 N–H and O–H groups in total. The van der Waals surface area contributed by atoms with Gasteiger partial charge in [0.25, 0.3) is 0 Å².